The molecular formula is C16H16N2O4S. The van der Waals surface area contributed by atoms with E-state index in [4.69, 9.17) is 4.42 Å². The van der Waals surface area contributed by atoms with E-state index >= 15 is 0 Å². The Morgan fingerprint density at radius 1 is 1.00 bits per heavy atom. The van der Waals surface area contributed by atoms with Crippen molar-refractivity contribution in [3.8, 4) is 0 Å². The van der Waals surface area contributed by atoms with Gasteiger partial charge in [0, 0.05) is 13.1 Å². The second-order valence-corrected chi connectivity index (χ2v) is 6.93. The number of aromatic nitrogens is 1. The van der Waals surface area contributed by atoms with E-state index in [1.54, 1.807) is 48.5 Å². The zero-order valence-electron chi connectivity index (χ0n) is 12.3. The van der Waals surface area contributed by atoms with Gasteiger partial charge in [0.2, 0.25) is 10.0 Å². The Bertz CT molecular complexity index is 958. The fourth-order valence-electron chi connectivity index (χ4n) is 2.38. The van der Waals surface area contributed by atoms with Crippen molar-refractivity contribution in [3.05, 3.63) is 70.7 Å². The minimum absolute atomic E-state index is 0.0884. The molecule has 7 heteroatoms. The molecule has 2 aromatic carbocycles. The molecule has 3 rings (SSSR count). The maximum Gasteiger partial charge on any atom is 0.419 e. The molecule has 0 saturated carbocycles. The lowest BCUT2D eigenvalue weighted by atomic mass is 10.2. The van der Waals surface area contributed by atoms with E-state index in [0.717, 1.165) is 0 Å². The van der Waals surface area contributed by atoms with Crippen molar-refractivity contribution in [3.63, 3.8) is 0 Å². The van der Waals surface area contributed by atoms with Crippen LogP contribution in [0, 0.1) is 0 Å². The predicted octanol–water partition coefficient (Wildman–Crippen LogP) is 1.71. The Morgan fingerprint density at radius 3 is 2.48 bits per heavy atom. The van der Waals surface area contributed by atoms with Crippen LogP contribution in [-0.4, -0.2) is 19.5 Å². The lowest BCUT2D eigenvalue weighted by Crippen LogP contribution is -2.30. The third-order valence-electron chi connectivity index (χ3n) is 3.43. The van der Waals surface area contributed by atoms with Crippen LogP contribution in [0.5, 0.6) is 0 Å². The average Bonchev–Trinajstić information content (AvgIpc) is 2.84. The van der Waals surface area contributed by atoms with Crippen molar-refractivity contribution in [1.82, 2.24) is 9.29 Å². The summed E-state index contributed by atoms with van der Waals surface area (Å²) in [7, 11) is -3.45. The van der Waals surface area contributed by atoms with Crippen molar-refractivity contribution in [2.45, 2.75) is 12.3 Å². The van der Waals surface area contributed by atoms with Crippen LogP contribution >= 0.6 is 0 Å². The third kappa shape index (κ3) is 3.69. The van der Waals surface area contributed by atoms with Crippen LogP contribution in [-0.2, 0) is 22.3 Å². The number of fused-ring (bicyclic) bond motifs is 1. The van der Waals surface area contributed by atoms with Gasteiger partial charge in [-0.25, -0.2) is 17.9 Å². The number of hydrogen-bond acceptors (Lipinski definition) is 4. The molecule has 0 amide bonds. The Balaban J connectivity index is 1.66. The van der Waals surface area contributed by atoms with Gasteiger partial charge in [0.1, 0.15) is 0 Å². The van der Waals surface area contributed by atoms with Crippen LogP contribution in [0.25, 0.3) is 11.1 Å². The van der Waals surface area contributed by atoms with Gasteiger partial charge >= 0.3 is 5.76 Å². The first-order valence-corrected chi connectivity index (χ1v) is 8.80. The standard InChI is InChI=1S/C16H16N2O4S/c19-16-18(14-8-4-5-9-15(14)22-16)11-10-17-23(20,21)12-13-6-2-1-3-7-13/h1-9,17H,10-12H2. The summed E-state index contributed by atoms with van der Waals surface area (Å²) in [5, 5.41) is 0. The van der Waals surface area contributed by atoms with E-state index in [1.165, 1.54) is 4.57 Å². The zero-order chi connectivity index (χ0) is 16.3. The van der Waals surface area contributed by atoms with Crippen molar-refractivity contribution < 1.29 is 12.8 Å². The van der Waals surface area contributed by atoms with Crippen LogP contribution < -0.4 is 10.5 Å². The second kappa shape index (κ2) is 6.39. The number of nitrogens with one attached hydrogen (secondary N) is 1. The molecule has 120 valence electrons. The van der Waals surface area contributed by atoms with Crippen LogP contribution in [0.15, 0.2) is 63.8 Å². The molecule has 0 bridgehead atoms. The maximum atomic E-state index is 12.1. The summed E-state index contributed by atoms with van der Waals surface area (Å²) < 4.78 is 33.1. The third-order valence-corrected chi connectivity index (χ3v) is 4.79. The highest BCUT2D eigenvalue weighted by atomic mass is 32.2. The summed E-state index contributed by atoms with van der Waals surface area (Å²) in [6.07, 6.45) is 0. The molecule has 1 N–H and O–H groups in total. The molecule has 0 aliphatic carbocycles. The Hall–Kier alpha value is -2.38. The molecule has 3 aromatic rings. The zero-order valence-corrected chi connectivity index (χ0v) is 13.1. The van der Waals surface area contributed by atoms with Crippen LogP contribution in [0.2, 0.25) is 0 Å². The highest BCUT2D eigenvalue weighted by Gasteiger charge is 2.12. The van der Waals surface area contributed by atoms with Gasteiger partial charge in [-0.3, -0.25) is 4.57 Å². The lowest BCUT2D eigenvalue weighted by molar-refractivity contribution is 0.501. The van der Waals surface area contributed by atoms with Crippen molar-refractivity contribution in [2.24, 2.45) is 0 Å². The largest absolute Gasteiger partial charge is 0.419 e. The molecule has 6 nitrogen and oxygen atoms in total. The molecule has 0 aliphatic rings. The Morgan fingerprint density at radius 2 is 1.70 bits per heavy atom. The first-order chi connectivity index (χ1) is 11.1. The predicted molar refractivity (Wildman–Crippen MR) is 87.5 cm³/mol. The van der Waals surface area contributed by atoms with Gasteiger partial charge in [-0.1, -0.05) is 42.5 Å². The minimum Gasteiger partial charge on any atom is -0.408 e. The van der Waals surface area contributed by atoms with Gasteiger partial charge in [0.25, 0.3) is 0 Å². The van der Waals surface area contributed by atoms with E-state index in [1.807, 2.05) is 6.07 Å². The molecule has 0 spiro atoms. The molecule has 0 fully saturated rings. The van der Waals surface area contributed by atoms with E-state index in [0.29, 0.717) is 16.7 Å². The number of rotatable bonds is 6. The highest BCUT2D eigenvalue weighted by molar-refractivity contribution is 7.88. The van der Waals surface area contributed by atoms with Gasteiger partial charge in [0.15, 0.2) is 5.58 Å². The van der Waals surface area contributed by atoms with Crippen LogP contribution in [0.1, 0.15) is 5.56 Å². The summed E-state index contributed by atoms with van der Waals surface area (Å²) in [6.45, 7) is 0.336. The second-order valence-electron chi connectivity index (χ2n) is 5.13. The number of benzene rings is 2. The number of oxazole rings is 1. The fraction of sp³-hybridized carbons (Fsp3) is 0.188. The lowest BCUT2D eigenvalue weighted by Gasteiger charge is -2.07. The summed E-state index contributed by atoms with van der Waals surface area (Å²) in [6, 6.07) is 16.0. The topological polar surface area (TPSA) is 81.3 Å². The summed E-state index contributed by atoms with van der Waals surface area (Å²) in [5.74, 6) is -0.581. The number of hydrogen-bond donors (Lipinski definition) is 1. The van der Waals surface area contributed by atoms with Crippen LogP contribution in [0.3, 0.4) is 0 Å². The van der Waals surface area contributed by atoms with Gasteiger partial charge in [-0.2, -0.15) is 0 Å². The minimum atomic E-state index is -3.45. The molecule has 0 aliphatic heterocycles. The van der Waals surface area contributed by atoms with Gasteiger partial charge < -0.3 is 4.42 Å². The molecule has 0 atom stereocenters. The maximum absolute atomic E-state index is 12.1. The Kier molecular flexibility index (Phi) is 4.31. The molecule has 23 heavy (non-hydrogen) atoms. The number of para-hydroxylation sites is 2. The average molecular weight is 332 g/mol. The van der Waals surface area contributed by atoms with Crippen molar-refractivity contribution in [1.29, 1.82) is 0 Å². The Labute approximate surface area is 133 Å². The van der Waals surface area contributed by atoms with Gasteiger partial charge in [-0.05, 0) is 17.7 Å². The molecular weight excluding hydrogens is 316 g/mol. The van der Waals surface area contributed by atoms with E-state index in [-0.39, 0.29) is 18.8 Å². The van der Waals surface area contributed by atoms with Gasteiger partial charge in [-0.15, -0.1) is 0 Å². The smallest absolute Gasteiger partial charge is 0.408 e. The van der Waals surface area contributed by atoms with E-state index in [2.05, 4.69) is 4.72 Å². The summed E-state index contributed by atoms with van der Waals surface area (Å²) >= 11 is 0. The summed E-state index contributed by atoms with van der Waals surface area (Å²) in [5.41, 5.74) is 1.86. The normalized spacial score (nSPS) is 11.8. The number of sulfonamides is 1. The van der Waals surface area contributed by atoms with E-state index in [9.17, 15) is 13.2 Å². The first-order valence-electron chi connectivity index (χ1n) is 7.15. The monoisotopic (exact) mass is 332 g/mol. The van der Waals surface area contributed by atoms with E-state index < -0.39 is 15.8 Å². The van der Waals surface area contributed by atoms with Gasteiger partial charge in [0.05, 0.1) is 11.3 Å². The number of nitrogens with zero attached hydrogens (tertiary/aromatic N) is 1. The highest BCUT2D eigenvalue weighted by Crippen LogP contribution is 2.11. The quantitative estimate of drug-likeness (QED) is 0.745. The summed E-state index contributed by atoms with van der Waals surface area (Å²) in [4.78, 5) is 11.8. The molecule has 0 unspecified atom stereocenters. The fourth-order valence-corrected chi connectivity index (χ4v) is 3.52. The van der Waals surface area contributed by atoms with Crippen LogP contribution in [0.4, 0.5) is 0 Å². The molecule has 1 aromatic heterocycles. The molecule has 0 radical (unpaired) electrons. The SMILES string of the molecule is O=c1oc2ccccc2n1CCNS(=O)(=O)Cc1ccccc1. The van der Waals surface area contributed by atoms with Crippen molar-refractivity contribution >= 4 is 21.1 Å². The first kappa shape index (κ1) is 15.5. The van der Waals surface area contributed by atoms with Crippen molar-refractivity contribution in [2.75, 3.05) is 6.54 Å². The molecule has 0 saturated heterocycles. The molecule has 1 heterocycles.